The molecule has 4 heteroatoms. The molecule has 1 aromatic carbocycles. The number of benzene rings is 1. The van der Waals surface area contributed by atoms with Gasteiger partial charge >= 0.3 is 0 Å². The summed E-state index contributed by atoms with van der Waals surface area (Å²) in [5.74, 6) is -0.252. The molecule has 0 heterocycles. The highest BCUT2D eigenvalue weighted by molar-refractivity contribution is 5.30. The molecular weight excluding hydrogens is 221 g/mol. The molecule has 0 radical (unpaired) electrons. The van der Waals surface area contributed by atoms with Gasteiger partial charge in [-0.05, 0) is 30.7 Å². The number of nitrogens with one attached hydrogen (secondary N) is 1. The van der Waals surface area contributed by atoms with E-state index < -0.39 is 11.9 Å². The molecule has 0 spiro atoms. The van der Waals surface area contributed by atoms with Crippen molar-refractivity contribution in [1.82, 2.24) is 5.32 Å². The zero-order valence-corrected chi connectivity index (χ0v) is 10.4. The Kier molecular flexibility index (Phi) is 5.94. The first-order valence-electron chi connectivity index (χ1n) is 5.91. The van der Waals surface area contributed by atoms with Crippen LogP contribution in [0.3, 0.4) is 0 Å². The molecule has 1 unspecified atom stereocenters. The Bertz CT molecular complexity index is 344. The summed E-state index contributed by atoms with van der Waals surface area (Å²) >= 11 is 0. The van der Waals surface area contributed by atoms with Gasteiger partial charge in [-0.25, -0.2) is 4.39 Å². The monoisotopic (exact) mass is 241 g/mol. The van der Waals surface area contributed by atoms with Crippen molar-refractivity contribution in [3.8, 4) is 5.75 Å². The van der Waals surface area contributed by atoms with Crippen LogP contribution >= 0.6 is 0 Å². The Balaban J connectivity index is 2.51. The maximum absolute atomic E-state index is 13.4. The maximum atomic E-state index is 13.4. The number of unbranched alkanes of at least 4 members (excludes halogenated alkanes) is 1. The number of hydrogen-bond donors (Lipinski definition) is 2. The van der Waals surface area contributed by atoms with E-state index in [1.807, 2.05) is 0 Å². The summed E-state index contributed by atoms with van der Waals surface area (Å²) in [6, 6.07) is 4.51. The summed E-state index contributed by atoms with van der Waals surface area (Å²) in [6.45, 7) is 3.41. The largest absolute Gasteiger partial charge is 0.494 e. The molecule has 0 aromatic heterocycles. The molecule has 96 valence electrons. The van der Waals surface area contributed by atoms with E-state index in [4.69, 9.17) is 4.74 Å². The molecule has 0 amide bonds. The van der Waals surface area contributed by atoms with Gasteiger partial charge in [-0.15, -0.1) is 0 Å². The van der Waals surface area contributed by atoms with Crippen LogP contribution < -0.4 is 10.1 Å². The molecule has 0 aliphatic heterocycles. The van der Waals surface area contributed by atoms with E-state index in [0.717, 1.165) is 19.4 Å². The zero-order valence-electron chi connectivity index (χ0n) is 10.4. The third-order valence-corrected chi connectivity index (χ3v) is 2.61. The number of rotatable bonds is 7. The second-order valence-electron chi connectivity index (χ2n) is 3.97. The minimum atomic E-state index is -0.688. The lowest BCUT2D eigenvalue weighted by Gasteiger charge is -2.13. The summed E-state index contributed by atoms with van der Waals surface area (Å²) in [4.78, 5) is 0. The van der Waals surface area contributed by atoms with E-state index in [2.05, 4.69) is 12.2 Å². The second-order valence-corrected chi connectivity index (χ2v) is 3.97. The summed E-state index contributed by atoms with van der Waals surface area (Å²) < 4.78 is 18.2. The maximum Gasteiger partial charge on any atom is 0.165 e. The van der Waals surface area contributed by atoms with Crippen LogP contribution in [-0.2, 0) is 0 Å². The van der Waals surface area contributed by atoms with Crippen LogP contribution in [0.2, 0.25) is 0 Å². The van der Waals surface area contributed by atoms with Crippen LogP contribution in [0.4, 0.5) is 4.39 Å². The number of methoxy groups -OCH3 is 1. The summed E-state index contributed by atoms with van der Waals surface area (Å²) in [7, 11) is 1.42. The normalized spacial score (nSPS) is 12.5. The average Bonchev–Trinajstić information content (AvgIpc) is 2.34. The molecule has 2 N–H and O–H groups in total. The molecule has 0 fully saturated rings. The average molecular weight is 241 g/mol. The SMILES string of the molecule is CCCCNCC(O)c1ccc(OC)c(F)c1. The van der Waals surface area contributed by atoms with Crippen molar-refractivity contribution < 1.29 is 14.2 Å². The van der Waals surface area contributed by atoms with Gasteiger partial charge in [-0.3, -0.25) is 0 Å². The quantitative estimate of drug-likeness (QED) is 0.719. The fraction of sp³-hybridized carbons (Fsp3) is 0.538. The predicted molar refractivity (Wildman–Crippen MR) is 65.7 cm³/mol. The third kappa shape index (κ3) is 4.32. The lowest BCUT2D eigenvalue weighted by atomic mass is 10.1. The minimum Gasteiger partial charge on any atom is -0.494 e. The molecule has 0 aliphatic rings. The van der Waals surface area contributed by atoms with Gasteiger partial charge in [0.05, 0.1) is 13.2 Å². The molecule has 1 atom stereocenters. The molecule has 3 nitrogen and oxygen atoms in total. The molecule has 17 heavy (non-hydrogen) atoms. The number of ether oxygens (including phenoxy) is 1. The van der Waals surface area contributed by atoms with Gasteiger partial charge in [0.15, 0.2) is 11.6 Å². The van der Waals surface area contributed by atoms with Gasteiger partial charge in [-0.2, -0.15) is 0 Å². The highest BCUT2D eigenvalue weighted by Gasteiger charge is 2.10. The van der Waals surface area contributed by atoms with Crippen molar-refractivity contribution in [2.45, 2.75) is 25.9 Å². The minimum absolute atomic E-state index is 0.194. The van der Waals surface area contributed by atoms with Crippen LogP contribution in [0, 0.1) is 5.82 Å². The Morgan fingerprint density at radius 3 is 2.82 bits per heavy atom. The topological polar surface area (TPSA) is 41.5 Å². The first kappa shape index (κ1) is 13.9. The van der Waals surface area contributed by atoms with E-state index >= 15 is 0 Å². The van der Waals surface area contributed by atoms with Gasteiger partial charge in [0.25, 0.3) is 0 Å². The number of aliphatic hydroxyl groups excluding tert-OH is 1. The number of hydrogen-bond acceptors (Lipinski definition) is 3. The van der Waals surface area contributed by atoms with E-state index in [-0.39, 0.29) is 5.75 Å². The standard InChI is InChI=1S/C13H20FNO2/c1-3-4-7-15-9-12(16)10-5-6-13(17-2)11(14)8-10/h5-6,8,12,15-16H,3-4,7,9H2,1-2H3. The van der Waals surface area contributed by atoms with Crippen LogP contribution in [0.1, 0.15) is 31.4 Å². The number of halogens is 1. The van der Waals surface area contributed by atoms with E-state index in [0.29, 0.717) is 12.1 Å². The molecular formula is C13H20FNO2. The van der Waals surface area contributed by atoms with Gasteiger partial charge < -0.3 is 15.2 Å². The van der Waals surface area contributed by atoms with E-state index in [1.165, 1.54) is 19.2 Å². The van der Waals surface area contributed by atoms with Gasteiger partial charge in [0.2, 0.25) is 0 Å². The van der Waals surface area contributed by atoms with E-state index in [9.17, 15) is 9.50 Å². The first-order chi connectivity index (χ1) is 8.19. The lowest BCUT2D eigenvalue weighted by molar-refractivity contribution is 0.174. The van der Waals surface area contributed by atoms with Crippen LogP contribution in [0.15, 0.2) is 18.2 Å². The zero-order chi connectivity index (χ0) is 12.7. The second kappa shape index (κ2) is 7.25. The Labute approximate surface area is 102 Å². The van der Waals surface area contributed by atoms with Crippen molar-refractivity contribution in [1.29, 1.82) is 0 Å². The molecule has 0 saturated heterocycles. The first-order valence-corrected chi connectivity index (χ1v) is 5.91. The fourth-order valence-corrected chi connectivity index (χ4v) is 1.55. The van der Waals surface area contributed by atoms with Crippen molar-refractivity contribution >= 4 is 0 Å². The molecule has 1 aromatic rings. The van der Waals surface area contributed by atoms with Crippen LogP contribution in [0.25, 0.3) is 0 Å². The van der Waals surface area contributed by atoms with E-state index in [1.54, 1.807) is 6.07 Å². The van der Waals surface area contributed by atoms with Crippen molar-refractivity contribution in [3.05, 3.63) is 29.6 Å². The highest BCUT2D eigenvalue weighted by Crippen LogP contribution is 2.21. The highest BCUT2D eigenvalue weighted by atomic mass is 19.1. The van der Waals surface area contributed by atoms with Gasteiger partial charge in [0, 0.05) is 6.54 Å². The van der Waals surface area contributed by atoms with Crippen molar-refractivity contribution in [3.63, 3.8) is 0 Å². The lowest BCUT2D eigenvalue weighted by Crippen LogP contribution is -2.22. The van der Waals surface area contributed by atoms with Crippen molar-refractivity contribution in [2.75, 3.05) is 20.2 Å². The Morgan fingerprint density at radius 2 is 2.24 bits per heavy atom. The third-order valence-electron chi connectivity index (χ3n) is 2.61. The molecule has 0 aliphatic carbocycles. The summed E-state index contributed by atoms with van der Waals surface area (Å²) in [5, 5.41) is 13.0. The van der Waals surface area contributed by atoms with Crippen LogP contribution in [0.5, 0.6) is 5.75 Å². The molecule has 1 rings (SSSR count). The summed E-state index contributed by atoms with van der Waals surface area (Å²) in [6.07, 6.45) is 1.50. The van der Waals surface area contributed by atoms with Gasteiger partial charge in [0.1, 0.15) is 0 Å². The molecule has 0 saturated carbocycles. The predicted octanol–water partition coefficient (Wildman–Crippen LogP) is 2.26. The fourth-order valence-electron chi connectivity index (χ4n) is 1.55. The van der Waals surface area contributed by atoms with Crippen LogP contribution in [-0.4, -0.2) is 25.3 Å². The van der Waals surface area contributed by atoms with Crippen molar-refractivity contribution in [2.24, 2.45) is 0 Å². The summed E-state index contributed by atoms with van der Waals surface area (Å²) in [5.41, 5.74) is 0.562. The number of aliphatic hydroxyl groups is 1. The van der Waals surface area contributed by atoms with Gasteiger partial charge in [-0.1, -0.05) is 19.4 Å². The Morgan fingerprint density at radius 1 is 1.47 bits per heavy atom. The Hall–Kier alpha value is -1.13. The smallest absolute Gasteiger partial charge is 0.165 e. The molecule has 0 bridgehead atoms.